The van der Waals surface area contributed by atoms with Crippen LogP contribution in [0.5, 0.6) is 0 Å². The van der Waals surface area contributed by atoms with Crippen LogP contribution >= 0.6 is 0 Å². The van der Waals surface area contributed by atoms with Gasteiger partial charge in [0.05, 0.1) is 6.21 Å². The molecule has 0 saturated heterocycles. The molecule has 0 spiro atoms. The lowest BCUT2D eigenvalue weighted by molar-refractivity contribution is 1.05. The van der Waals surface area contributed by atoms with Gasteiger partial charge in [0.1, 0.15) is 0 Å². The Morgan fingerprint density at radius 3 is 2.60 bits per heavy atom. The van der Waals surface area contributed by atoms with Gasteiger partial charge in [-0.2, -0.15) is 5.10 Å². The molecule has 0 bridgehead atoms. The van der Waals surface area contributed by atoms with Gasteiger partial charge in [-0.3, -0.25) is 9.78 Å². The van der Waals surface area contributed by atoms with E-state index in [1.165, 1.54) is 6.20 Å². The Morgan fingerprint density at radius 1 is 1.30 bits per heavy atom. The van der Waals surface area contributed by atoms with Gasteiger partial charge in [0, 0.05) is 31.5 Å². The Balaban J connectivity index is 2.02. The maximum atomic E-state index is 11.4. The zero-order valence-electron chi connectivity index (χ0n) is 11.7. The van der Waals surface area contributed by atoms with Crippen molar-refractivity contribution in [3.8, 4) is 0 Å². The molecule has 0 atom stereocenters. The molecule has 6 heteroatoms. The summed E-state index contributed by atoms with van der Waals surface area (Å²) in [6.07, 6.45) is 3.17. The highest BCUT2D eigenvalue weighted by atomic mass is 16.1. The van der Waals surface area contributed by atoms with Crippen molar-refractivity contribution in [2.45, 2.75) is 6.92 Å². The molecule has 0 aliphatic rings. The van der Waals surface area contributed by atoms with Crippen molar-refractivity contribution < 1.29 is 0 Å². The van der Waals surface area contributed by atoms with Crippen molar-refractivity contribution in [3.05, 3.63) is 51.9 Å². The lowest BCUT2D eigenvalue weighted by atomic mass is 10.2. The van der Waals surface area contributed by atoms with E-state index in [2.05, 4.69) is 20.5 Å². The number of rotatable bonds is 4. The van der Waals surface area contributed by atoms with Crippen LogP contribution in [0.25, 0.3) is 0 Å². The number of anilines is 2. The van der Waals surface area contributed by atoms with Crippen molar-refractivity contribution >= 4 is 17.9 Å². The number of aromatic amines is 1. The standard InChI is InChI=1S/C14H17N5O/c1-10-8-15-14(17-13(10)20)18-16-9-11-4-6-12(7-5-11)19(2)3/h4-9H,1-3H3,(H2,15,17,18,20)/b16-9+. The molecule has 104 valence electrons. The zero-order chi connectivity index (χ0) is 14.5. The summed E-state index contributed by atoms with van der Waals surface area (Å²) in [5, 5.41) is 4.04. The van der Waals surface area contributed by atoms with Gasteiger partial charge in [0.2, 0.25) is 5.95 Å². The third-order valence-electron chi connectivity index (χ3n) is 2.77. The van der Waals surface area contributed by atoms with Gasteiger partial charge in [-0.15, -0.1) is 0 Å². The Bertz CT molecular complexity index is 658. The summed E-state index contributed by atoms with van der Waals surface area (Å²) in [4.78, 5) is 20.0. The summed E-state index contributed by atoms with van der Waals surface area (Å²) in [6.45, 7) is 1.70. The maximum Gasteiger partial charge on any atom is 0.255 e. The van der Waals surface area contributed by atoms with Crippen LogP contribution in [0, 0.1) is 6.92 Å². The molecule has 0 aliphatic heterocycles. The fraction of sp³-hybridized carbons (Fsp3) is 0.214. The Hall–Kier alpha value is -2.63. The lowest BCUT2D eigenvalue weighted by Gasteiger charge is -2.11. The van der Waals surface area contributed by atoms with Gasteiger partial charge in [-0.05, 0) is 24.6 Å². The van der Waals surface area contributed by atoms with Gasteiger partial charge in [-0.1, -0.05) is 12.1 Å². The fourth-order valence-corrected chi connectivity index (χ4v) is 1.54. The highest BCUT2D eigenvalue weighted by Crippen LogP contribution is 2.10. The van der Waals surface area contributed by atoms with Crippen molar-refractivity contribution in [2.75, 3.05) is 24.4 Å². The largest absolute Gasteiger partial charge is 0.378 e. The van der Waals surface area contributed by atoms with E-state index in [0.717, 1.165) is 11.3 Å². The average Bonchev–Trinajstić information content (AvgIpc) is 2.43. The molecule has 0 aliphatic carbocycles. The zero-order valence-corrected chi connectivity index (χ0v) is 11.7. The molecular weight excluding hydrogens is 254 g/mol. The molecule has 1 aromatic carbocycles. The topological polar surface area (TPSA) is 73.4 Å². The third kappa shape index (κ3) is 3.44. The molecule has 0 amide bonds. The minimum Gasteiger partial charge on any atom is -0.378 e. The summed E-state index contributed by atoms with van der Waals surface area (Å²) in [6, 6.07) is 7.94. The van der Waals surface area contributed by atoms with Crippen LogP contribution in [0.3, 0.4) is 0 Å². The van der Waals surface area contributed by atoms with Gasteiger partial charge in [0.25, 0.3) is 5.56 Å². The third-order valence-corrected chi connectivity index (χ3v) is 2.77. The quantitative estimate of drug-likeness (QED) is 0.654. The highest BCUT2D eigenvalue weighted by molar-refractivity contribution is 5.80. The Kier molecular flexibility index (Phi) is 4.14. The van der Waals surface area contributed by atoms with Crippen molar-refractivity contribution in [1.29, 1.82) is 0 Å². The summed E-state index contributed by atoms with van der Waals surface area (Å²) in [5.74, 6) is 0.321. The van der Waals surface area contributed by atoms with Crippen molar-refractivity contribution in [3.63, 3.8) is 0 Å². The van der Waals surface area contributed by atoms with E-state index >= 15 is 0 Å². The number of nitrogens with zero attached hydrogens (tertiary/aromatic N) is 3. The van der Waals surface area contributed by atoms with Crippen molar-refractivity contribution in [1.82, 2.24) is 9.97 Å². The maximum absolute atomic E-state index is 11.4. The first-order chi connectivity index (χ1) is 9.56. The molecule has 2 aromatic rings. The van der Waals surface area contributed by atoms with Crippen LogP contribution < -0.4 is 15.9 Å². The molecule has 2 N–H and O–H groups in total. The van der Waals surface area contributed by atoms with Crippen LogP contribution in [0.2, 0.25) is 0 Å². The molecular formula is C14H17N5O. The molecule has 20 heavy (non-hydrogen) atoms. The summed E-state index contributed by atoms with van der Waals surface area (Å²) >= 11 is 0. The van der Waals surface area contributed by atoms with Gasteiger partial charge >= 0.3 is 0 Å². The number of H-pyrrole nitrogens is 1. The normalized spacial score (nSPS) is 10.8. The van der Waals surface area contributed by atoms with Crippen LogP contribution in [0.15, 0.2) is 40.4 Å². The summed E-state index contributed by atoms with van der Waals surface area (Å²) in [7, 11) is 3.98. The van der Waals surface area contributed by atoms with E-state index in [9.17, 15) is 4.79 Å². The second-order valence-corrected chi connectivity index (χ2v) is 4.60. The number of hydrogen-bond donors (Lipinski definition) is 2. The van der Waals surface area contributed by atoms with Crippen LogP contribution in [0.4, 0.5) is 11.6 Å². The van der Waals surface area contributed by atoms with E-state index < -0.39 is 0 Å². The van der Waals surface area contributed by atoms with Crippen molar-refractivity contribution in [2.24, 2.45) is 5.10 Å². The van der Waals surface area contributed by atoms with Crippen LogP contribution in [-0.2, 0) is 0 Å². The summed E-state index contributed by atoms with van der Waals surface area (Å²) < 4.78 is 0. The molecule has 2 rings (SSSR count). The fourth-order valence-electron chi connectivity index (χ4n) is 1.54. The molecule has 0 fully saturated rings. The number of nitrogens with one attached hydrogen (secondary N) is 2. The molecule has 1 heterocycles. The first kappa shape index (κ1) is 13.8. The van der Waals surface area contributed by atoms with E-state index in [1.54, 1.807) is 13.1 Å². The molecule has 0 radical (unpaired) electrons. The summed E-state index contributed by atoms with van der Waals surface area (Å²) in [5.41, 5.74) is 5.17. The van der Waals surface area contributed by atoms with E-state index in [4.69, 9.17) is 0 Å². The molecule has 0 unspecified atom stereocenters. The number of aromatic nitrogens is 2. The smallest absolute Gasteiger partial charge is 0.255 e. The lowest BCUT2D eigenvalue weighted by Crippen LogP contribution is -2.12. The Morgan fingerprint density at radius 2 is 2.00 bits per heavy atom. The number of benzene rings is 1. The molecule has 1 aromatic heterocycles. The minimum atomic E-state index is -0.173. The first-order valence-corrected chi connectivity index (χ1v) is 6.18. The van der Waals surface area contributed by atoms with Gasteiger partial charge < -0.3 is 4.90 Å². The van der Waals surface area contributed by atoms with Gasteiger partial charge in [0.15, 0.2) is 0 Å². The molecule has 6 nitrogen and oxygen atoms in total. The highest BCUT2D eigenvalue weighted by Gasteiger charge is 1.96. The van der Waals surface area contributed by atoms with Crippen LogP contribution in [-0.4, -0.2) is 30.3 Å². The number of hydrogen-bond acceptors (Lipinski definition) is 5. The Labute approximate surface area is 117 Å². The number of aryl methyl sites for hydroxylation is 1. The monoisotopic (exact) mass is 271 g/mol. The average molecular weight is 271 g/mol. The molecule has 0 saturated carbocycles. The predicted octanol–water partition coefficient (Wildman–Crippen LogP) is 1.59. The van der Waals surface area contributed by atoms with E-state index in [-0.39, 0.29) is 5.56 Å². The SMILES string of the molecule is Cc1cnc(N/N=C/c2ccc(N(C)C)cc2)[nH]c1=O. The predicted molar refractivity (Wildman–Crippen MR) is 81.6 cm³/mol. The van der Waals surface area contributed by atoms with Gasteiger partial charge in [-0.25, -0.2) is 10.4 Å². The second kappa shape index (κ2) is 6.01. The minimum absolute atomic E-state index is 0.173. The number of hydrazone groups is 1. The van der Waals surface area contributed by atoms with Crippen LogP contribution in [0.1, 0.15) is 11.1 Å². The van der Waals surface area contributed by atoms with E-state index in [1.807, 2.05) is 43.3 Å². The first-order valence-electron chi connectivity index (χ1n) is 6.18. The van der Waals surface area contributed by atoms with E-state index in [0.29, 0.717) is 11.5 Å². The second-order valence-electron chi connectivity index (χ2n) is 4.60.